The number of carbonyl (C=O) groups is 5. The summed E-state index contributed by atoms with van der Waals surface area (Å²) in [5.41, 5.74) is -0.612. The van der Waals surface area contributed by atoms with Gasteiger partial charge in [-0.2, -0.15) is 23.5 Å². The third-order valence-electron chi connectivity index (χ3n) is 12.0. The second-order valence-corrected chi connectivity index (χ2v) is 20.6. The number of halogens is 1. The van der Waals surface area contributed by atoms with Gasteiger partial charge < -0.3 is 35.5 Å². The molecular weight excluding hydrogens is 852 g/mol. The van der Waals surface area contributed by atoms with E-state index in [1.807, 2.05) is 52.0 Å². The van der Waals surface area contributed by atoms with E-state index in [-0.39, 0.29) is 66.4 Å². The van der Waals surface area contributed by atoms with Gasteiger partial charge in [-0.05, 0) is 155 Å². The van der Waals surface area contributed by atoms with Gasteiger partial charge in [0.2, 0.25) is 11.8 Å². The Kier molecular flexibility index (Phi) is 25.7. The van der Waals surface area contributed by atoms with Gasteiger partial charge in [0, 0.05) is 25.2 Å². The zero-order valence-corrected chi connectivity index (χ0v) is 42.2. The minimum Gasteiger partial charge on any atom is -0.461 e. The molecule has 4 N–H and O–H groups in total. The Morgan fingerprint density at radius 2 is 1.21 bits per heavy atom. The molecule has 9 atom stereocenters. The number of nitrogens with one attached hydrogen (secondary N) is 4. The molecule has 0 aromatic carbocycles. The molecule has 0 bridgehead atoms. The first kappa shape index (κ1) is 56.3. The summed E-state index contributed by atoms with van der Waals surface area (Å²) in [7, 11) is 0. The van der Waals surface area contributed by atoms with Crippen molar-refractivity contribution < 1.29 is 38.2 Å². The van der Waals surface area contributed by atoms with Crippen molar-refractivity contribution >= 4 is 65.7 Å². The van der Waals surface area contributed by atoms with Gasteiger partial charge in [-0.25, -0.2) is 9.59 Å². The molecule has 17 heteroatoms. The van der Waals surface area contributed by atoms with Crippen LogP contribution in [-0.2, 0) is 38.2 Å². The van der Waals surface area contributed by atoms with Gasteiger partial charge >= 0.3 is 17.9 Å². The van der Waals surface area contributed by atoms with E-state index in [1.165, 1.54) is 12.8 Å². The van der Waals surface area contributed by atoms with Crippen molar-refractivity contribution in [1.29, 1.82) is 0 Å². The van der Waals surface area contributed by atoms with Crippen LogP contribution in [0.4, 0.5) is 0 Å². The smallest absolute Gasteiger partial charge is 0.328 e. The molecule has 4 fully saturated rings. The van der Waals surface area contributed by atoms with Gasteiger partial charge in [0.1, 0.15) is 23.7 Å². The Bertz CT molecular complexity index is 1380. The van der Waals surface area contributed by atoms with E-state index < -0.39 is 35.7 Å². The summed E-state index contributed by atoms with van der Waals surface area (Å²) in [5.74, 6) is 0.777. The maximum atomic E-state index is 13.7. The first-order chi connectivity index (χ1) is 28.9. The van der Waals surface area contributed by atoms with E-state index in [2.05, 4.69) is 40.0 Å². The summed E-state index contributed by atoms with van der Waals surface area (Å²) >= 11 is 3.30. The van der Waals surface area contributed by atoms with E-state index >= 15 is 0 Å². The second-order valence-electron chi connectivity index (χ2n) is 18.7. The molecule has 0 saturated carbocycles. The zero-order valence-electron chi connectivity index (χ0n) is 39.8. The number of likely N-dealkylation sites (tertiary alicyclic amines) is 2. The molecule has 0 aromatic rings. The molecule has 360 valence electrons. The minimum atomic E-state index is -0.702. The van der Waals surface area contributed by atoms with Gasteiger partial charge in [0.25, 0.3) is 0 Å². The molecule has 0 aliphatic carbocycles. The number of esters is 3. The zero-order chi connectivity index (χ0) is 45.3. The average Bonchev–Trinajstić information content (AvgIpc) is 4.03. The molecule has 4 aliphatic heterocycles. The van der Waals surface area contributed by atoms with Crippen LogP contribution in [0.15, 0.2) is 0 Å². The molecule has 0 aromatic heterocycles. The number of thioether (sulfide) groups is 2. The standard InChI is InChI=1S/C25H45N3O5S.C20H37N3O3S.ClH/c1-8-17-11-14-28(21(18-10-9-13-26-18)24(31)33-25(4,5)6)20(17)22(29)27-19(12-15-34-7)23(30)32-16(2)3;1-5-15-8-11-23(13-16-7-6-10-21-16)18(15)19(24)22-17(9-12-27-4)20(25)26-14(2)3;/h16-21,26H,8-15H2,1-7H3,(H,27,29);14-18,21H,5-13H2,1-4H3,(H,22,24);1H/t17-,18-,19-,20-,21?;15-,16-,17-,18-;/m00./s1. The third-order valence-corrected chi connectivity index (χ3v) is 13.3. The van der Waals surface area contributed by atoms with Crippen molar-refractivity contribution in [2.24, 2.45) is 11.8 Å². The van der Waals surface area contributed by atoms with Gasteiger partial charge in [0.15, 0.2) is 0 Å². The molecule has 62 heavy (non-hydrogen) atoms. The highest BCUT2D eigenvalue weighted by Crippen LogP contribution is 2.33. The van der Waals surface area contributed by atoms with E-state index in [1.54, 1.807) is 37.4 Å². The summed E-state index contributed by atoms with van der Waals surface area (Å²) in [4.78, 5) is 69.7. The largest absolute Gasteiger partial charge is 0.461 e. The lowest BCUT2D eigenvalue weighted by Gasteiger charge is -2.37. The van der Waals surface area contributed by atoms with Crippen molar-refractivity contribution in [3.05, 3.63) is 0 Å². The van der Waals surface area contributed by atoms with E-state index in [0.717, 1.165) is 76.2 Å². The Morgan fingerprint density at radius 1 is 0.710 bits per heavy atom. The van der Waals surface area contributed by atoms with Crippen molar-refractivity contribution in [1.82, 2.24) is 31.1 Å². The lowest BCUT2D eigenvalue weighted by atomic mass is 9.94. The van der Waals surface area contributed by atoms with Gasteiger partial charge in [-0.3, -0.25) is 24.2 Å². The number of amides is 2. The summed E-state index contributed by atoms with van der Waals surface area (Å²) in [6.45, 7) is 21.5. The molecule has 0 radical (unpaired) electrons. The fraction of sp³-hybridized carbons (Fsp3) is 0.889. The predicted octanol–water partition coefficient (Wildman–Crippen LogP) is 5.19. The molecule has 0 spiro atoms. The first-order valence-corrected chi connectivity index (χ1v) is 25.9. The topological polar surface area (TPSA) is 168 Å². The van der Waals surface area contributed by atoms with Crippen molar-refractivity contribution in [3.63, 3.8) is 0 Å². The summed E-state index contributed by atoms with van der Waals surface area (Å²) in [5, 5.41) is 13.0. The highest BCUT2D eigenvalue weighted by molar-refractivity contribution is 7.98. The number of carbonyl (C=O) groups excluding carboxylic acids is 5. The van der Waals surface area contributed by atoms with Crippen molar-refractivity contribution in [2.45, 2.75) is 187 Å². The maximum absolute atomic E-state index is 13.7. The molecule has 14 nitrogen and oxygen atoms in total. The lowest BCUT2D eigenvalue weighted by Crippen LogP contribution is -2.60. The summed E-state index contributed by atoms with van der Waals surface area (Å²) in [6, 6.07) is -2.01. The fourth-order valence-corrected chi connectivity index (χ4v) is 10.1. The van der Waals surface area contributed by atoms with Crippen LogP contribution in [0.5, 0.6) is 0 Å². The molecule has 4 rings (SSSR count). The van der Waals surface area contributed by atoms with Gasteiger partial charge in [-0.15, -0.1) is 12.4 Å². The van der Waals surface area contributed by atoms with Crippen LogP contribution in [0.2, 0.25) is 0 Å². The quantitative estimate of drug-likeness (QED) is 0.0878. The normalized spacial score (nSPS) is 25.6. The maximum Gasteiger partial charge on any atom is 0.328 e. The summed E-state index contributed by atoms with van der Waals surface area (Å²) in [6.07, 6.45) is 12.6. The van der Waals surface area contributed by atoms with Crippen molar-refractivity contribution in [2.75, 3.05) is 56.7 Å². The summed E-state index contributed by atoms with van der Waals surface area (Å²) < 4.78 is 16.6. The number of ether oxygens (including phenoxy) is 3. The Balaban J connectivity index is 0.000000430. The molecule has 4 saturated heterocycles. The highest BCUT2D eigenvalue weighted by atomic mass is 35.5. The monoisotopic (exact) mass is 935 g/mol. The average molecular weight is 936 g/mol. The minimum absolute atomic E-state index is 0. The van der Waals surface area contributed by atoms with E-state index in [0.29, 0.717) is 31.3 Å². The Morgan fingerprint density at radius 3 is 1.66 bits per heavy atom. The van der Waals surface area contributed by atoms with E-state index in [9.17, 15) is 24.0 Å². The van der Waals surface area contributed by atoms with Gasteiger partial charge in [-0.1, -0.05) is 26.7 Å². The number of hydrogen-bond acceptors (Lipinski definition) is 14. The predicted molar refractivity (Wildman–Crippen MR) is 254 cm³/mol. The van der Waals surface area contributed by atoms with Crippen LogP contribution in [0.1, 0.15) is 127 Å². The van der Waals surface area contributed by atoms with Crippen LogP contribution in [0, 0.1) is 11.8 Å². The molecule has 2 amide bonds. The second kappa shape index (κ2) is 28.3. The molecule has 4 heterocycles. The van der Waals surface area contributed by atoms with Crippen LogP contribution in [-0.4, -0.2) is 156 Å². The SMILES string of the molecule is CC[C@H]1CCN(C(C(=O)OC(C)(C)C)[C@@H]2CCCN2)[C@@H]1C(=O)N[C@@H](CCSC)C(=O)OC(C)C.CC[C@H]1CCN(C[C@@H]2CCCN2)[C@@H]1C(=O)N[C@@H](CCSC)C(=O)OC(C)C.Cl. The van der Waals surface area contributed by atoms with Crippen LogP contribution in [0.3, 0.4) is 0 Å². The lowest BCUT2D eigenvalue weighted by molar-refractivity contribution is -0.164. The van der Waals surface area contributed by atoms with Gasteiger partial charge in [0.05, 0.1) is 24.3 Å². The Hall–Kier alpha value is -1.82. The van der Waals surface area contributed by atoms with E-state index in [4.69, 9.17) is 14.2 Å². The fourth-order valence-electron chi connectivity index (χ4n) is 9.11. The van der Waals surface area contributed by atoms with Crippen molar-refractivity contribution in [3.8, 4) is 0 Å². The first-order valence-electron chi connectivity index (χ1n) is 23.1. The number of rotatable bonds is 21. The number of nitrogens with zero attached hydrogens (tertiary/aromatic N) is 2. The molecule has 1 unspecified atom stereocenters. The van der Waals surface area contributed by atoms with Crippen LogP contribution < -0.4 is 21.3 Å². The third kappa shape index (κ3) is 17.9. The number of hydrogen-bond donors (Lipinski definition) is 4. The highest BCUT2D eigenvalue weighted by Gasteiger charge is 2.49. The van der Waals surface area contributed by atoms with Crippen LogP contribution in [0.25, 0.3) is 0 Å². The van der Waals surface area contributed by atoms with Crippen LogP contribution >= 0.6 is 35.9 Å². The molecular formula is C45H83ClN6O8S2. The Labute approximate surface area is 388 Å². The molecule has 4 aliphatic rings.